The number of hydrogen-bond acceptors (Lipinski definition) is 2. The SMILES string of the molecule is Cc1ncncc1CCCBr. The van der Waals surface area contributed by atoms with Gasteiger partial charge in [0.15, 0.2) is 0 Å². The van der Waals surface area contributed by atoms with Crippen LogP contribution in [0.15, 0.2) is 12.5 Å². The maximum atomic E-state index is 4.11. The van der Waals surface area contributed by atoms with Crippen LogP contribution in [0.5, 0.6) is 0 Å². The van der Waals surface area contributed by atoms with Gasteiger partial charge in [-0.15, -0.1) is 0 Å². The number of rotatable bonds is 3. The molecule has 3 heteroatoms. The van der Waals surface area contributed by atoms with Crippen LogP contribution < -0.4 is 0 Å². The van der Waals surface area contributed by atoms with Crippen molar-refractivity contribution in [1.82, 2.24) is 9.97 Å². The number of halogens is 1. The van der Waals surface area contributed by atoms with Gasteiger partial charge in [0.1, 0.15) is 6.33 Å². The lowest BCUT2D eigenvalue weighted by Crippen LogP contribution is -1.94. The predicted octanol–water partition coefficient (Wildman–Crippen LogP) is 2.11. The summed E-state index contributed by atoms with van der Waals surface area (Å²) in [6, 6.07) is 0. The molecule has 11 heavy (non-hydrogen) atoms. The number of aromatic nitrogens is 2. The van der Waals surface area contributed by atoms with Crippen LogP contribution in [0.1, 0.15) is 17.7 Å². The van der Waals surface area contributed by atoms with Crippen molar-refractivity contribution in [3.8, 4) is 0 Å². The van der Waals surface area contributed by atoms with Crippen molar-refractivity contribution in [3.05, 3.63) is 23.8 Å². The molecule has 0 bridgehead atoms. The topological polar surface area (TPSA) is 25.8 Å². The van der Waals surface area contributed by atoms with Gasteiger partial charge in [-0.1, -0.05) is 15.9 Å². The lowest BCUT2D eigenvalue weighted by Gasteiger charge is -2.00. The molecule has 1 rings (SSSR count). The Morgan fingerprint density at radius 3 is 3.00 bits per heavy atom. The van der Waals surface area contributed by atoms with Gasteiger partial charge < -0.3 is 0 Å². The second-order valence-corrected chi connectivity index (χ2v) is 3.22. The van der Waals surface area contributed by atoms with Crippen LogP contribution >= 0.6 is 15.9 Å². The highest BCUT2D eigenvalue weighted by Gasteiger charge is 1.96. The summed E-state index contributed by atoms with van der Waals surface area (Å²) in [5.74, 6) is 0. The third-order valence-corrected chi connectivity index (χ3v) is 2.15. The Bertz CT molecular complexity index is 225. The van der Waals surface area contributed by atoms with Crippen LogP contribution in [-0.4, -0.2) is 15.3 Å². The Labute approximate surface area is 75.2 Å². The molecular weight excluding hydrogens is 204 g/mol. The van der Waals surface area contributed by atoms with Crippen LogP contribution in [0.25, 0.3) is 0 Å². The fourth-order valence-electron chi connectivity index (χ4n) is 0.922. The molecule has 1 heterocycles. The zero-order valence-corrected chi connectivity index (χ0v) is 8.13. The molecule has 2 nitrogen and oxygen atoms in total. The Morgan fingerprint density at radius 1 is 1.55 bits per heavy atom. The highest BCUT2D eigenvalue weighted by atomic mass is 79.9. The van der Waals surface area contributed by atoms with Crippen molar-refractivity contribution in [2.24, 2.45) is 0 Å². The highest BCUT2D eigenvalue weighted by Crippen LogP contribution is 2.05. The molecule has 0 spiro atoms. The second kappa shape index (κ2) is 4.44. The monoisotopic (exact) mass is 214 g/mol. The first-order valence-electron chi connectivity index (χ1n) is 3.66. The molecule has 0 N–H and O–H groups in total. The number of aryl methyl sites for hydroxylation is 2. The predicted molar refractivity (Wildman–Crippen MR) is 48.9 cm³/mol. The first-order valence-corrected chi connectivity index (χ1v) is 4.78. The zero-order chi connectivity index (χ0) is 8.10. The van der Waals surface area contributed by atoms with E-state index in [1.54, 1.807) is 6.33 Å². The van der Waals surface area contributed by atoms with Gasteiger partial charge >= 0.3 is 0 Å². The summed E-state index contributed by atoms with van der Waals surface area (Å²) in [7, 11) is 0. The first-order chi connectivity index (χ1) is 5.34. The minimum Gasteiger partial charge on any atom is -0.245 e. The molecule has 0 fully saturated rings. The summed E-state index contributed by atoms with van der Waals surface area (Å²) >= 11 is 3.39. The van der Waals surface area contributed by atoms with E-state index in [-0.39, 0.29) is 0 Å². The lowest BCUT2D eigenvalue weighted by molar-refractivity contribution is 0.895. The number of alkyl halides is 1. The molecule has 1 aromatic rings. The fourth-order valence-corrected chi connectivity index (χ4v) is 1.20. The van der Waals surface area contributed by atoms with Gasteiger partial charge in [-0.3, -0.25) is 0 Å². The van der Waals surface area contributed by atoms with Crippen LogP contribution in [0.3, 0.4) is 0 Å². The van der Waals surface area contributed by atoms with Crippen molar-refractivity contribution in [3.63, 3.8) is 0 Å². The van der Waals surface area contributed by atoms with E-state index in [9.17, 15) is 0 Å². The van der Waals surface area contributed by atoms with E-state index in [1.165, 1.54) is 5.56 Å². The average molecular weight is 215 g/mol. The van der Waals surface area contributed by atoms with Crippen molar-refractivity contribution >= 4 is 15.9 Å². The average Bonchev–Trinajstić information content (AvgIpc) is 2.03. The van der Waals surface area contributed by atoms with Gasteiger partial charge in [-0.25, -0.2) is 9.97 Å². The third kappa shape index (κ3) is 2.58. The van der Waals surface area contributed by atoms with Gasteiger partial charge in [0.25, 0.3) is 0 Å². The molecule has 1 aromatic heterocycles. The summed E-state index contributed by atoms with van der Waals surface area (Å²) < 4.78 is 0. The van der Waals surface area contributed by atoms with Crippen molar-refractivity contribution < 1.29 is 0 Å². The largest absolute Gasteiger partial charge is 0.245 e. The van der Waals surface area contributed by atoms with E-state index >= 15 is 0 Å². The quantitative estimate of drug-likeness (QED) is 0.721. The molecule has 0 aliphatic heterocycles. The molecule has 0 saturated carbocycles. The van der Waals surface area contributed by atoms with Gasteiger partial charge in [0, 0.05) is 17.2 Å². The minimum atomic E-state index is 1.04. The molecule has 0 aromatic carbocycles. The van der Waals surface area contributed by atoms with Crippen LogP contribution in [0, 0.1) is 6.92 Å². The van der Waals surface area contributed by atoms with Crippen molar-refractivity contribution in [2.45, 2.75) is 19.8 Å². The Balaban J connectivity index is 2.62. The molecule has 0 aliphatic carbocycles. The van der Waals surface area contributed by atoms with Gasteiger partial charge in [-0.2, -0.15) is 0 Å². The molecule has 0 radical (unpaired) electrons. The third-order valence-electron chi connectivity index (χ3n) is 1.59. The molecule has 0 atom stereocenters. The van der Waals surface area contributed by atoms with E-state index < -0.39 is 0 Å². The molecule has 0 aliphatic rings. The van der Waals surface area contributed by atoms with E-state index in [0.29, 0.717) is 0 Å². The Kier molecular flexibility index (Phi) is 3.49. The van der Waals surface area contributed by atoms with E-state index in [0.717, 1.165) is 23.9 Å². The highest BCUT2D eigenvalue weighted by molar-refractivity contribution is 9.09. The van der Waals surface area contributed by atoms with Gasteiger partial charge in [-0.05, 0) is 25.3 Å². The smallest absolute Gasteiger partial charge is 0.115 e. The molecule has 0 unspecified atom stereocenters. The lowest BCUT2D eigenvalue weighted by atomic mass is 10.1. The van der Waals surface area contributed by atoms with Crippen LogP contribution in [0.2, 0.25) is 0 Å². The summed E-state index contributed by atoms with van der Waals surface area (Å²) in [5.41, 5.74) is 2.35. The maximum absolute atomic E-state index is 4.11. The minimum absolute atomic E-state index is 1.04. The van der Waals surface area contributed by atoms with Crippen LogP contribution in [0.4, 0.5) is 0 Å². The van der Waals surface area contributed by atoms with Crippen molar-refractivity contribution in [1.29, 1.82) is 0 Å². The van der Waals surface area contributed by atoms with Crippen LogP contribution in [-0.2, 0) is 6.42 Å². The molecule has 60 valence electrons. The van der Waals surface area contributed by atoms with E-state index in [2.05, 4.69) is 25.9 Å². The summed E-state index contributed by atoms with van der Waals surface area (Å²) in [6.45, 7) is 2.02. The van der Waals surface area contributed by atoms with Gasteiger partial charge in [0.05, 0.1) is 0 Å². The maximum Gasteiger partial charge on any atom is 0.115 e. The van der Waals surface area contributed by atoms with Gasteiger partial charge in [0.2, 0.25) is 0 Å². The molecule has 0 saturated heterocycles. The molecule has 0 amide bonds. The number of hydrogen-bond donors (Lipinski definition) is 0. The second-order valence-electron chi connectivity index (χ2n) is 2.43. The fraction of sp³-hybridized carbons (Fsp3) is 0.500. The Hall–Kier alpha value is -0.440. The number of nitrogens with zero attached hydrogens (tertiary/aromatic N) is 2. The Morgan fingerprint density at radius 2 is 2.36 bits per heavy atom. The first kappa shape index (κ1) is 8.65. The zero-order valence-electron chi connectivity index (χ0n) is 6.55. The molecular formula is C8H11BrN2. The van der Waals surface area contributed by atoms with E-state index in [4.69, 9.17) is 0 Å². The standard InChI is InChI=1S/C8H11BrN2/c1-7-8(3-2-4-9)5-10-6-11-7/h5-6H,2-4H2,1H3. The van der Waals surface area contributed by atoms with Crippen molar-refractivity contribution in [2.75, 3.05) is 5.33 Å². The normalized spacial score (nSPS) is 10.0. The summed E-state index contributed by atoms with van der Waals surface area (Å²) in [4.78, 5) is 8.08. The summed E-state index contributed by atoms with van der Waals surface area (Å²) in [5, 5.41) is 1.04. The van der Waals surface area contributed by atoms with E-state index in [1.807, 2.05) is 13.1 Å². The summed E-state index contributed by atoms with van der Waals surface area (Å²) in [6.07, 6.45) is 5.70.